The lowest BCUT2D eigenvalue weighted by Gasteiger charge is -2.41. The zero-order valence-electron chi connectivity index (χ0n) is 22.7. The van der Waals surface area contributed by atoms with Crippen molar-refractivity contribution in [3.05, 3.63) is 101 Å². The van der Waals surface area contributed by atoms with E-state index in [-0.39, 0.29) is 24.9 Å². The Bertz CT molecular complexity index is 1330. The Morgan fingerprint density at radius 1 is 1.05 bits per heavy atom. The molecule has 1 unspecified atom stereocenters. The summed E-state index contributed by atoms with van der Waals surface area (Å²) in [6.45, 7) is 5.90. The van der Waals surface area contributed by atoms with Crippen LogP contribution in [-0.4, -0.2) is 65.9 Å². The van der Waals surface area contributed by atoms with Gasteiger partial charge in [0.15, 0.2) is 0 Å². The van der Waals surface area contributed by atoms with Crippen molar-refractivity contribution in [3.63, 3.8) is 0 Å². The predicted octanol–water partition coefficient (Wildman–Crippen LogP) is 3.64. The smallest absolute Gasteiger partial charge is 0.244 e. The van der Waals surface area contributed by atoms with Gasteiger partial charge in [-0.15, -0.1) is 0 Å². The fourth-order valence-electron chi connectivity index (χ4n) is 4.61. The summed E-state index contributed by atoms with van der Waals surface area (Å²) >= 11 is 5.92. The molecule has 40 heavy (non-hydrogen) atoms. The topological polar surface area (TPSA) is 94.6 Å². The number of halogens is 1. The summed E-state index contributed by atoms with van der Waals surface area (Å²) in [5.74, 6) is -1.04. The van der Waals surface area contributed by atoms with Gasteiger partial charge in [0.1, 0.15) is 6.04 Å². The van der Waals surface area contributed by atoms with Crippen molar-refractivity contribution in [1.82, 2.24) is 20.5 Å². The highest BCUT2D eigenvalue weighted by atomic mass is 35.5. The summed E-state index contributed by atoms with van der Waals surface area (Å²) in [4.78, 5) is 47.2. The molecule has 1 aliphatic heterocycles. The van der Waals surface area contributed by atoms with Gasteiger partial charge in [0.2, 0.25) is 17.7 Å². The zero-order valence-corrected chi connectivity index (χ0v) is 23.5. The van der Waals surface area contributed by atoms with E-state index in [1.165, 1.54) is 11.6 Å². The van der Waals surface area contributed by atoms with Crippen molar-refractivity contribution in [2.45, 2.75) is 32.4 Å². The largest absolute Gasteiger partial charge is 0.368 e. The second-order valence-electron chi connectivity index (χ2n) is 9.91. The molecule has 1 fully saturated rings. The molecule has 0 bridgehead atoms. The van der Waals surface area contributed by atoms with Crippen molar-refractivity contribution in [2.24, 2.45) is 0 Å². The van der Waals surface area contributed by atoms with Crippen LogP contribution in [0.25, 0.3) is 6.08 Å². The Morgan fingerprint density at radius 3 is 2.48 bits per heavy atom. The first kappa shape index (κ1) is 28.8. The van der Waals surface area contributed by atoms with E-state index in [2.05, 4.69) is 51.7 Å². The maximum Gasteiger partial charge on any atom is 0.244 e. The first-order valence-corrected chi connectivity index (χ1v) is 13.7. The number of rotatable bonds is 9. The number of piperazine rings is 1. The van der Waals surface area contributed by atoms with Crippen LogP contribution in [0.5, 0.6) is 0 Å². The zero-order chi connectivity index (χ0) is 28.5. The summed E-state index contributed by atoms with van der Waals surface area (Å²) in [6, 6.07) is 19.9. The number of pyridine rings is 1. The summed E-state index contributed by atoms with van der Waals surface area (Å²) in [7, 11) is 0. The van der Waals surface area contributed by atoms with Crippen LogP contribution >= 0.6 is 11.6 Å². The van der Waals surface area contributed by atoms with E-state index in [1.807, 2.05) is 13.0 Å². The summed E-state index contributed by atoms with van der Waals surface area (Å²) in [6.07, 6.45) is 4.83. The molecular formula is C31H34ClN5O3. The third-order valence-corrected chi connectivity index (χ3v) is 7.08. The highest BCUT2D eigenvalue weighted by molar-refractivity contribution is 6.30. The second kappa shape index (κ2) is 13.8. The second-order valence-corrected chi connectivity index (χ2v) is 10.3. The third kappa shape index (κ3) is 8.16. The molecular weight excluding hydrogens is 526 g/mol. The Morgan fingerprint density at radius 2 is 1.80 bits per heavy atom. The average Bonchev–Trinajstić information content (AvgIpc) is 2.96. The molecule has 3 amide bonds. The third-order valence-electron chi connectivity index (χ3n) is 6.83. The lowest BCUT2D eigenvalue weighted by molar-refractivity contribution is -0.135. The molecule has 3 aromatic rings. The van der Waals surface area contributed by atoms with Crippen molar-refractivity contribution < 1.29 is 14.4 Å². The van der Waals surface area contributed by atoms with Crippen LogP contribution in [0.4, 0.5) is 5.69 Å². The van der Waals surface area contributed by atoms with Crippen LogP contribution in [0, 0.1) is 6.92 Å². The number of carbonyl (C=O) groups is 3. The Kier molecular flexibility index (Phi) is 9.91. The summed E-state index contributed by atoms with van der Waals surface area (Å²) < 4.78 is 0. The van der Waals surface area contributed by atoms with Gasteiger partial charge in [-0.2, -0.15) is 0 Å². The van der Waals surface area contributed by atoms with Crippen molar-refractivity contribution >= 4 is 41.1 Å². The van der Waals surface area contributed by atoms with Crippen LogP contribution in [-0.2, 0) is 20.8 Å². The number of benzene rings is 2. The molecule has 2 N–H and O–H groups in total. The van der Waals surface area contributed by atoms with Gasteiger partial charge in [0, 0.05) is 60.8 Å². The Balaban J connectivity index is 1.34. The van der Waals surface area contributed by atoms with Gasteiger partial charge in [-0.3, -0.25) is 19.4 Å². The molecule has 208 valence electrons. The fraction of sp³-hybridized carbons (Fsp3) is 0.290. The molecule has 0 radical (unpaired) electrons. The molecule has 1 saturated heterocycles. The molecule has 0 saturated carbocycles. The van der Waals surface area contributed by atoms with Crippen LogP contribution in [0.15, 0.2) is 79.0 Å². The molecule has 4 rings (SSSR count). The van der Waals surface area contributed by atoms with Crippen molar-refractivity contribution in [2.75, 3.05) is 31.1 Å². The first-order valence-electron chi connectivity index (χ1n) is 13.3. The lowest BCUT2D eigenvalue weighted by atomic mass is 10.1. The van der Waals surface area contributed by atoms with Gasteiger partial charge >= 0.3 is 0 Å². The van der Waals surface area contributed by atoms with Crippen LogP contribution in [0.1, 0.15) is 23.7 Å². The standard InChI is InChI=1S/C31H34ClN5O3/c1-22-6-13-27(14-7-22)36-17-18-37(23(2)21-36)30(39)20-34-31(40)28(19-26-5-3-4-16-33-26)35-29(38)15-10-24-8-11-25(32)12-9-24/h3-16,23,28H,17-21H2,1-2H3,(H,34,40)(H,35,38)/t23?,28-/m0/s1. The van der Waals surface area contributed by atoms with Gasteiger partial charge < -0.3 is 20.4 Å². The van der Waals surface area contributed by atoms with Crippen LogP contribution in [0.2, 0.25) is 5.02 Å². The number of nitrogens with one attached hydrogen (secondary N) is 2. The number of amides is 3. The van der Waals surface area contributed by atoms with E-state index in [0.717, 1.165) is 11.3 Å². The maximum absolute atomic E-state index is 13.2. The molecule has 8 nitrogen and oxygen atoms in total. The Labute approximate surface area is 240 Å². The minimum absolute atomic E-state index is 0.0125. The number of nitrogens with zero attached hydrogens (tertiary/aromatic N) is 3. The van der Waals surface area contributed by atoms with Gasteiger partial charge in [-0.1, -0.05) is 47.5 Å². The monoisotopic (exact) mass is 559 g/mol. The highest BCUT2D eigenvalue weighted by Gasteiger charge is 2.28. The first-order chi connectivity index (χ1) is 19.3. The average molecular weight is 560 g/mol. The van der Waals surface area contributed by atoms with E-state index in [0.29, 0.717) is 30.4 Å². The number of carbonyl (C=O) groups excluding carboxylic acids is 3. The number of hydrogen-bond donors (Lipinski definition) is 2. The van der Waals surface area contributed by atoms with Gasteiger partial charge in [0.25, 0.3) is 0 Å². The maximum atomic E-state index is 13.2. The number of aryl methyl sites for hydroxylation is 1. The van der Waals surface area contributed by atoms with Crippen LogP contribution in [0.3, 0.4) is 0 Å². The molecule has 1 aliphatic rings. The SMILES string of the molecule is Cc1ccc(N2CCN(C(=O)CNC(=O)[C@H](Cc3ccccn3)NC(=O)C=Cc3ccc(Cl)cc3)C(C)C2)cc1. The van der Waals surface area contributed by atoms with E-state index in [1.54, 1.807) is 53.6 Å². The number of aromatic nitrogens is 1. The molecule has 0 aliphatic carbocycles. The molecule has 2 aromatic carbocycles. The van der Waals surface area contributed by atoms with Gasteiger partial charge in [-0.25, -0.2) is 0 Å². The van der Waals surface area contributed by atoms with Gasteiger partial charge in [-0.05, 0) is 61.9 Å². The minimum atomic E-state index is -0.902. The van der Waals surface area contributed by atoms with E-state index < -0.39 is 17.9 Å². The highest BCUT2D eigenvalue weighted by Crippen LogP contribution is 2.20. The normalized spacial score (nSPS) is 16.0. The molecule has 0 spiro atoms. The van der Waals surface area contributed by atoms with Gasteiger partial charge in [0.05, 0.1) is 6.54 Å². The van der Waals surface area contributed by atoms with E-state index >= 15 is 0 Å². The molecule has 1 aromatic heterocycles. The fourth-order valence-corrected chi connectivity index (χ4v) is 4.73. The van der Waals surface area contributed by atoms with E-state index in [9.17, 15) is 14.4 Å². The molecule has 9 heteroatoms. The lowest BCUT2D eigenvalue weighted by Crippen LogP contribution is -2.57. The van der Waals surface area contributed by atoms with E-state index in [4.69, 9.17) is 11.6 Å². The summed E-state index contributed by atoms with van der Waals surface area (Å²) in [5, 5.41) is 6.08. The minimum Gasteiger partial charge on any atom is -0.368 e. The Hall–Kier alpha value is -4.17. The van der Waals surface area contributed by atoms with Crippen molar-refractivity contribution in [1.29, 1.82) is 0 Å². The van der Waals surface area contributed by atoms with Crippen molar-refractivity contribution in [3.8, 4) is 0 Å². The molecule has 2 heterocycles. The molecule has 2 atom stereocenters. The quantitative estimate of drug-likeness (QED) is 0.390. The number of anilines is 1. The summed E-state index contributed by atoms with van der Waals surface area (Å²) in [5.41, 5.74) is 3.79. The van der Waals surface area contributed by atoms with Crippen LogP contribution < -0.4 is 15.5 Å². The predicted molar refractivity (Wildman–Crippen MR) is 158 cm³/mol. The number of hydrogen-bond acceptors (Lipinski definition) is 5.